The second kappa shape index (κ2) is 13.0. The van der Waals surface area contributed by atoms with Crippen molar-refractivity contribution in [3.8, 4) is 0 Å². The van der Waals surface area contributed by atoms with Crippen LogP contribution in [0.15, 0.2) is 84.9 Å². The molecule has 3 aliphatic heterocycles. The first-order valence-electron chi connectivity index (χ1n) is 14.4. The second-order valence-electron chi connectivity index (χ2n) is 11.2. The SMILES string of the molecule is O=C(O)CCC(=O)Nc1ccc(C(=O)C[N+]23CCC(CC2)[C@@H](OC(=O)[C@H](Nc2ccccc2)c2ccccc2)C3)cc1. The van der Waals surface area contributed by atoms with Crippen LogP contribution in [0.25, 0.3) is 0 Å². The average Bonchev–Trinajstić information content (AvgIpc) is 3.00. The molecule has 3 fully saturated rings. The zero-order valence-electron chi connectivity index (χ0n) is 23.4. The number of rotatable bonds is 12. The quantitative estimate of drug-likeness (QED) is 0.164. The lowest BCUT2D eigenvalue weighted by Gasteiger charge is -2.51. The minimum Gasteiger partial charge on any atom is -0.481 e. The fraction of sp³-hybridized carbons (Fsp3) is 0.333. The van der Waals surface area contributed by atoms with Crippen molar-refractivity contribution in [2.75, 3.05) is 36.8 Å². The lowest BCUT2D eigenvalue weighted by atomic mass is 9.82. The number of amides is 1. The largest absolute Gasteiger partial charge is 0.481 e. The van der Waals surface area contributed by atoms with Gasteiger partial charge in [-0.15, -0.1) is 0 Å². The predicted molar refractivity (Wildman–Crippen MR) is 158 cm³/mol. The summed E-state index contributed by atoms with van der Waals surface area (Å²) in [6.07, 6.45) is 1.18. The molecule has 0 aliphatic carbocycles. The highest BCUT2D eigenvalue weighted by Crippen LogP contribution is 2.37. The second-order valence-corrected chi connectivity index (χ2v) is 11.2. The molecule has 1 amide bonds. The molecular formula is C33H36N3O6+. The summed E-state index contributed by atoms with van der Waals surface area (Å²) in [5, 5.41) is 14.7. The zero-order valence-corrected chi connectivity index (χ0v) is 23.4. The minimum absolute atomic E-state index is 0.00270. The predicted octanol–water partition coefficient (Wildman–Crippen LogP) is 4.68. The number of piperidine rings is 3. The van der Waals surface area contributed by atoms with Gasteiger partial charge in [-0.3, -0.25) is 14.4 Å². The Labute approximate surface area is 245 Å². The van der Waals surface area contributed by atoms with Gasteiger partial charge in [-0.05, 0) is 42.0 Å². The third-order valence-corrected chi connectivity index (χ3v) is 8.30. The molecule has 0 saturated carbocycles. The highest BCUT2D eigenvalue weighted by Gasteiger charge is 2.49. The van der Waals surface area contributed by atoms with Gasteiger partial charge in [0.15, 0.2) is 12.1 Å². The van der Waals surface area contributed by atoms with Crippen LogP contribution in [-0.2, 0) is 19.1 Å². The van der Waals surface area contributed by atoms with Gasteiger partial charge in [-0.1, -0.05) is 48.5 Å². The number of Topliss-reactive ketones (excluding diaryl/α,β-unsaturated/α-hetero) is 1. The first-order valence-corrected chi connectivity index (χ1v) is 14.4. The molecule has 2 bridgehead atoms. The maximum Gasteiger partial charge on any atom is 0.333 e. The molecule has 3 saturated heterocycles. The van der Waals surface area contributed by atoms with Crippen molar-refractivity contribution in [1.82, 2.24) is 0 Å². The normalized spacial score (nSPS) is 21.6. The third kappa shape index (κ3) is 7.22. The number of ether oxygens (including phenoxy) is 1. The number of hydrogen-bond donors (Lipinski definition) is 3. The van der Waals surface area contributed by atoms with E-state index in [2.05, 4.69) is 10.6 Å². The highest BCUT2D eigenvalue weighted by molar-refractivity contribution is 5.98. The van der Waals surface area contributed by atoms with E-state index in [1.807, 2.05) is 60.7 Å². The molecule has 0 spiro atoms. The van der Waals surface area contributed by atoms with E-state index in [1.54, 1.807) is 24.3 Å². The number of carboxylic acid groups (broad SMARTS) is 1. The number of aliphatic carboxylic acids is 1. The topological polar surface area (TPSA) is 122 Å². The van der Waals surface area contributed by atoms with Crippen LogP contribution in [0.3, 0.4) is 0 Å². The Morgan fingerprint density at radius 2 is 1.48 bits per heavy atom. The fourth-order valence-corrected chi connectivity index (χ4v) is 6.00. The molecule has 42 heavy (non-hydrogen) atoms. The monoisotopic (exact) mass is 570 g/mol. The summed E-state index contributed by atoms with van der Waals surface area (Å²) in [5.74, 6) is -1.47. The molecule has 6 rings (SSSR count). The number of anilines is 2. The number of esters is 1. The van der Waals surface area contributed by atoms with E-state index < -0.39 is 12.0 Å². The number of hydrogen-bond acceptors (Lipinski definition) is 6. The van der Waals surface area contributed by atoms with Crippen LogP contribution in [0.4, 0.5) is 11.4 Å². The minimum atomic E-state index is -1.03. The van der Waals surface area contributed by atoms with Gasteiger partial charge in [0, 0.05) is 42.1 Å². The lowest BCUT2D eigenvalue weighted by Crippen LogP contribution is -2.65. The van der Waals surface area contributed by atoms with Crippen molar-refractivity contribution in [2.45, 2.75) is 37.8 Å². The van der Waals surface area contributed by atoms with Gasteiger partial charge in [0.25, 0.3) is 0 Å². The Kier molecular flexibility index (Phi) is 8.97. The maximum absolute atomic E-state index is 13.6. The zero-order chi connectivity index (χ0) is 29.5. The number of ketones is 1. The van der Waals surface area contributed by atoms with Gasteiger partial charge in [-0.2, -0.15) is 0 Å². The molecule has 9 heteroatoms. The summed E-state index contributed by atoms with van der Waals surface area (Å²) < 4.78 is 6.79. The van der Waals surface area contributed by atoms with Crippen molar-refractivity contribution < 1.29 is 33.5 Å². The molecule has 3 aromatic rings. The van der Waals surface area contributed by atoms with Crippen molar-refractivity contribution in [1.29, 1.82) is 0 Å². The molecule has 3 heterocycles. The van der Waals surface area contributed by atoms with Crippen LogP contribution < -0.4 is 10.6 Å². The number of benzene rings is 3. The number of carbonyl (C=O) groups excluding carboxylic acids is 3. The van der Waals surface area contributed by atoms with Gasteiger partial charge in [0.05, 0.1) is 19.5 Å². The van der Waals surface area contributed by atoms with Crippen LogP contribution in [-0.4, -0.2) is 65.5 Å². The molecule has 0 radical (unpaired) electrons. The summed E-state index contributed by atoms with van der Waals surface area (Å²) in [5.41, 5.74) is 2.71. The van der Waals surface area contributed by atoms with Gasteiger partial charge < -0.3 is 25.0 Å². The number of nitrogens with zero attached hydrogens (tertiary/aromatic N) is 1. The van der Waals surface area contributed by atoms with E-state index in [1.165, 1.54) is 0 Å². The number of para-hydroxylation sites is 1. The number of fused-ring (bicyclic) bond motifs is 3. The summed E-state index contributed by atoms with van der Waals surface area (Å²) in [6, 6.07) is 25.2. The number of nitrogens with one attached hydrogen (secondary N) is 2. The number of carbonyl (C=O) groups is 4. The van der Waals surface area contributed by atoms with E-state index in [-0.39, 0.29) is 42.5 Å². The lowest BCUT2D eigenvalue weighted by molar-refractivity contribution is -0.938. The Hall–Kier alpha value is -4.50. The van der Waals surface area contributed by atoms with Crippen LogP contribution in [0, 0.1) is 5.92 Å². The van der Waals surface area contributed by atoms with Crippen molar-refractivity contribution in [3.63, 3.8) is 0 Å². The number of carboxylic acids is 1. The maximum atomic E-state index is 13.6. The third-order valence-electron chi connectivity index (χ3n) is 8.30. The van der Waals surface area contributed by atoms with Gasteiger partial charge in [-0.25, -0.2) is 4.79 Å². The van der Waals surface area contributed by atoms with E-state index in [0.29, 0.717) is 28.8 Å². The fourth-order valence-electron chi connectivity index (χ4n) is 6.00. The van der Waals surface area contributed by atoms with Crippen molar-refractivity contribution >= 4 is 35.0 Å². The molecule has 0 unspecified atom stereocenters. The molecule has 3 N–H and O–H groups in total. The summed E-state index contributed by atoms with van der Waals surface area (Å²) in [6.45, 7) is 2.65. The van der Waals surface area contributed by atoms with Crippen LogP contribution in [0.2, 0.25) is 0 Å². The van der Waals surface area contributed by atoms with Crippen LogP contribution >= 0.6 is 0 Å². The van der Waals surface area contributed by atoms with Gasteiger partial charge >= 0.3 is 11.9 Å². The Bertz CT molecular complexity index is 1400. The van der Waals surface area contributed by atoms with E-state index >= 15 is 0 Å². The molecule has 3 aromatic carbocycles. The molecule has 9 nitrogen and oxygen atoms in total. The Morgan fingerprint density at radius 1 is 0.833 bits per heavy atom. The van der Waals surface area contributed by atoms with Crippen molar-refractivity contribution in [2.24, 2.45) is 5.92 Å². The van der Waals surface area contributed by atoms with Gasteiger partial charge in [0.2, 0.25) is 11.7 Å². The van der Waals surface area contributed by atoms with E-state index in [4.69, 9.17) is 9.84 Å². The standard InChI is InChI=1S/C33H35N3O6/c37-28(23-11-13-27(14-12-23)34-30(38)15-16-31(39)40)21-36-19-17-24(18-20-36)29(22-36)42-33(41)32(25-7-3-1-4-8-25)35-26-9-5-2-6-10-26/h1-14,24,29,32,35H,15-22H2,(H-,34,37,38,39,40)/p+1/t24?,29-,32+,36?/m0/s1. The number of quaternary nitrogens is 1. The molecule has 218 valence electrons. The molecular weight excluding hydrogens is 534 g/mol. The van der Waals surface area contributed by atoms with Gasteiger partial charge in [0.1, 0.15) is 13.1 Å². The van der Waals surface area contributed by atoms with E-state index in [0.717, 1.165) is 37.2 Å². The first kappa shape index (κ1) is 29.0. The molecule has 2 atom stereocenters. The Balaban J connectivity index is 1.22. The van der Waals surface area contributed by atoms with Crippen LogP contribution in [0.5, 0.6) is 0 Å². The highest BCUT2D eigenvalue weighted by atomic mass is 16.5. The van der Waals surface area contributed by atoms with Crippen LogP contribution in [0.1, 0.15) is 47.6 Å². The summed E-state index contributed by atoms with van der Waals surface area (Å²) in [7, 11) is 0. The average molecular weight is 571 g/mol. The first-order chi connectivity index (χ1) is 20.3. The van der Waals surface area contributed by atoms with Crippen molar-refractivity contribution in [3.05, 3.63) is 96.1 Å². The summed E-state index contributed by atoms with van der Waals surface area (Å²) >= 11 is 0. The Morgan fingerprint density at radius 3 is 2.12 bits per heavy atom. The summed E-state index contributed by atoms with van der Waals surface area (Å²) in [4.78, 5) is 49.5. The van der Waals surface area contributed by atoms with E-state index in [9.17, 15) is 19.2 Å². The molecule has 3 aliphatic rings. The molecule has 0 aromatic heterocycles. The smallest absolute Gasteiger partial charge is 0.333 e.